The molecule has 0 radical (unpaired) electrons. The molecule has 0 aliphatic carbocycles. The van der Waals surface area contributed by atoms with Gasteiger partial charge in [-0.15, -0.1) is 11.3 Å². The van der Waals surface area contributed by atoms with Crippen molar-refractivity contribution in [1.82, 2.24) is 5.43 Å². The maximum Gasteiger partial charge on any atom is 0.124 e. The molecular weight excluding hydrogens is 287 g/mol. The summed E-state index contributed by atoms with van der Waals surface area (Å²) in [5.74, 6) is 6.27. The number of halogens is 1. The lowest BCUT2D eigenvalue weighted by molar-refractivity contribution is 0.413. The van der Waals surface area contributed by atoms with E-state index in [0.29, 0.717) is 0 Å². The van der Waals surface area contributed by atoms with E-state index in [-0.39, 0.29) is 11.9 Å². The van der Waals surface area contributed by atoms with E-state index in [4.69, 9.17) is 10.6 Å². The molecular formula is C16H15FN2OS. The Labute approximate surface area is 126 Å². The number of nitrogens with one attached hydrogen (secondary N) is 1. The van der Waals surface area contributed by atoms with Gasteiger partial charge in [0.1, 0.15) is 11.6 Å². The highest BCUT2D eigenvalue weighted by molar-refractivity contribution is 7.19. The topological polar surface area (TPSA) is 47.3 Å². The van der Waals surface area contributed by atoms with Crippen molar-refractivity contribution in [3.05, 3.63) is 64.8 Å². The lowest BCUT2D eigenvalue weighted by Gasteiger charge is -2.15. The monoisotopic (exact) mass is 302 g/mol. The molecule has 3 rings (SSSR count). The fraction of sp³-hybridized carbons (Fsp3) is 0.125. The van der Waals surface area contributed by atoms with Gasteiger partial charge in [-0.3, -0.25) is 5.84 Å². The van der Waals surface area contributed by atoms with Crippen LogP contribution in [0.15, 0.2) is 48.5 Å². The Kier molecular flexibility index (Phi) is 3.88. The molecule has 108 valence electrons. The van der Waals surface area contributed by atoms with Crippen molar-refractivity contribution in [3.63, 3.8) is 0 Å². The van der Waals surface area contributed by atoms with Crippen molar-refractivity contribution < 1.29 is 9.13 Å². The molecule has 1 atom stereocenters. The zero-order chi connectivity index (χ0) is 14.8. The van der Waals surface area contributed by atoms with Gasteiger partial charge in [-0.05, 0) is 41.3 Å². The predicted molar refractivity (Wildman–Crippen MR) is 83.9 cm³/mol. The molecule has 21 heavy (non-hydrogen) atoms. The fourth-order valence-electron chi connectivity index (χ4n) is 2.33. The summed E-state index contributed by atoms with van der Waals surface area (Å²) in [6, 6.07) is 14.4. The Hall–Kier alpha value is -1.95. The normalized spacial score (nSPS) is 12.5. The molecule has 2 aromatic carbocycles. The van der Waals surface area contributed by atoms with E-state index in [1.165, 1.54) is 17.4 Å². The van der Waals surface area contributed by atoms with Gasteiger partial charge >= 0.3 is 0 Å². The highest BCUT2D eigenvalue weighted by Gasteiger charge is 2.16. The number of thiophene rings is 1. The standard InChI is InChI=1S/C16H15FN2OS/c1-20-13-4-2-3-11(7-13)16(19-18)15-8-10-5-6-12(17)9-14(10)21-15/h2-9,16,19H,18H2,1H3. The van der Waals surface area contributed by atoms with Gasteiger partial charge in [-0.25, -0.2) is 9.82 Å². The van der Waals surface area contributed by atoms with Crippen LogP contribution in [0.25, 0.3) is 10.1 Å². The van der Waals surface area contributed by atoms with Crippen LogP contribution in [-0.4, -0.2) is 7.11 Å². The van der Waals surface area contributed by atoms with E-state index in [0.717, 1.165) is 26.3 Å². The van der Waals surface area contributed by atoms with Crippen LogP contribution in [0.1, 0.15) is 16.5 Å². The summed E-state index contributed by atoms with van der Waals surface area (Å²) in [7, 11) is 1.63. The second kappa shape index (κ2) is 5.81. The number of ether oxygens (including phenoxy) is 1. The van der Waals surface area contributed by atoms with Crippen LogP contribution in [0.2, 0.25) is 0 Å². The van der Waals surface area contributed by atoms with Gasteiger partial charge in [0, 0.05) is 9.58 Å². The zero-order valence-corrected chi connectivity index (χ0v) is 12.3. The van der Waals surface area contributed by atoms with Crippen molar-refractivity contribution in [2.45, 2.75) is 6.04 Å². The van der Waals surface area contributed by atoms with Crippen LogP contribution < -0.4 is 16.0 Å². The molecule has 1 heterocycles. The van der Waals surface area contributed by atoms with E-state index < -0.39 is 0 Å². The number of nitrogens with two attached hydrogens (primary N) is 1. The van der Waals surface area contributed by atoms with Crippen LogP contribution in [-0.2, 0) is 0 Å². The third-order valence-corrected chi connectivity index (χ3v) is 4.54. The Morgan fingerprint density at radius 1 is 1.19 bits per heavy atom. The van der Waals surface area contributed by atoms with Crippen molar-refractivity contribution in [2.75, 3.05) is 7.11 Å². The van der Waals surface area contributed by atoms with E-state index in [2.05, 4.69) is 5.43 Å². The molecule has 0 aliphatic rings. The van der Waals surface area contributed by atoms with Crippen LogP contribution in [0.5, 0.6) is 5.75 Å². The average molecular weight is 302 g/mol. The first-order chi connectivity index (χ1) is 10.2. The number of hydrogen-bond acceptors (Lipinski definition) is 4. The summed E-state index contributed by atoms with van der Waals surface area (Å²) < 4.78 is 19.5. The SMILES string of the molecule is COc1cccc(C(NN)c2cc3ccc(F)cc3s2)c1. The van der Waals surface area contributed by atoms with E-state index in [1.807, 2.05) is 30.3 Å². The molecule has 0 bridgehead atoms. The van der Waals surface area contributed by atoms with Crippen molar-refractivity contribution in [2.24, 2.45) is 5.84 Å². The highest BCUT2D eigenvalue weighted by Crippen LogP contribution is 2.34. The summed E-state index contributed by atoms with van der Waals surface area (Å²) >= 11 is 1.53. The molecule has 1 aromatic heterocycles. The van der Waals surface area contributed by atoms with Crippen LogP contribution in [0, 0.1) is 5.82 Å². The first-order valence-corrected chi connectivity index (χ1v) is 7.32. The molecule has 0 saturated carbocycles. The Morgan fingerprint density at radius 3 is 2.81 bits per heavy atom. The molecule has 5 heteroatoms. The van der Waals surface area contributed by atoms with Gasteiger partial charge in [0.2, 0.25) is 0 Å². The fourth-order valence-corrected chi connectivity index (χ4v) is 3.51. The summed E-state index contributed by atoms with van der Waals surface area (Å²) in [6.07, 6.45) is 0. The quantitative estimate of drug-likeness (QED) is 0.572. The summed E-state index contributed by atoms with van der Waals surface area (Å²) in [5.41, 5.74) is 3.83. The summed E-state index contributed by atoms with van der Waals surface area (Å²) in [4.78, 5) is 1.03. The lowest BCUT2D eigenvalue weighted by Crippen LogP contribution is -2.28. The lowest BCUT2D eigenvalue weighted by atomic mass is 10.1. The third kappa shape index (κ3) is 2.76. The highest BCUT2D eigenvalue weighted by atomic mass is 32.1. The smallest absolute Gasteiger partial charge is 0.124 e. The van der Waals surface area contributed by atoms with Gasteiger partial charge in [-0.2, -0.15) is 0 Å². The number of hydrazine groups is 1. The van der Waals surface area contributed by atoms with Crippen LogP contribution in [0.4, 0.5) is 4.39 Å². The van der Waals surface area contributed by atoms with Gasteiger partial charge in [0.25, 0.3) is 0 Å². The van der Waals surface area contributed by atoms with Crippen molar-refractivity contribution in [1.29, 1.82) is 0 Å². The molecule has 0 amide bonds. The molecule has 0 saturated heterocycles. The molecule has 3 nitrogen and oxygen atoms in total. The Morgan fingerprint density at radius 2 is 2.05 bits per heavy atom. The zero-order valence-electron chi connectivity index (χ0n) is 11.5. The molecule has 3 aromatic rings. The van der Waals surface area contributed by atoms with Crippen molar-refractivity contribution >= 4 is 21.4 Å². The molecule has 0 aliphatic heterocycles. The number of benzene rings is 2. The van der Waals surface area contributed by atoms with E-state index >= 15 is 0 Å². The molecule has 0 spiro atoms. The molecule has 3 N–H and O–H groups in total. The van der Waals surface area contributed by atoms with Gasteiger partial charge in [0.05, 0.1) is 13.2 Å². The summed E-state index contributed by atoms with van der Waals surface area (Å²) in [5, 5.41) is 1.01. The Balaban J connectivity index is 2.04. The van der Waals surface area contributed by atoms with Gasteiger partial charge in [-0.1, -0.05) is 18.2 Å². The number of hydrogen-bond donors (Lipinski definition) is 2. The van der Waals surface area contributed by atoms with E-state index in [1.54, 1.807) is 19.2 Å². The predicted octanol–water partition coefficient (Wildman–Crippen LogP) is 3.60. The van der Waals surface area contributed by atoms with Gasteiger partial charge < -0.3 is 4.74 Å². The second-order valence-electron chi connectivity index (χ2n) is 4.71. The van der Waals surface area contributed by atoms with Crippen molar-refractivity contribution in [3.8, 4) is 5.75 Å². The average Bonchev–Trinajstić information content (AvgIpc) is 2.91. The number of rotatable bonds is 4. The molecule has 0 fully saturated rings. The minimum absolute atomic E-state index is 0.152. The van der Waals surface area contributed by atoms with Crippen LogP contribution >= 0.6 is 11.3 Å². The first-order valence-electron chi connectivity index (χ1n) is 6.50. The number of methoxy groups -OCH3 is 1. The molecule has 1 unspecified atom stereocenters. The third-order valence-electron chi connectivity index (χ3n) is 3.38. The minimum Gasteiger partial charge on any atom is -0.497 e. The maximum atomic E-state index is 13.3. The van der Waals surface area contributed by atoms with E-state index in [9.17, 15) is 4.39 Å². The maximum absolute atomic E-state index is 13.3. The number of fused-ring (bicyclic) bond motifs is 1. The Bertz CT molecular complexity index is 772. The summed E-state index contributed by atoms with van der Waals surface area (Å²) in [6.45, 7) is 0. The largest absolute Gasteiger partial charge is 0.497 e. The first kappa shape index (κ1) is 14.0. The van der Waals surface area contributed by atoms with Crippen LogP contribution in [0.3, 0.4) is 0 Å². The van der Waals surface area contributed by atoms with Gasteiger partial charge in [0.15, 0.2) is 0 Å². The minimum atomic E-state index is -0.227. The second-order valence-corrected chi connectivity index (χ2v) is 5.82.